The molecule has 0 aromatic heterocycles. The number of hydrazine groups is 1. The van der Waals surface area contributed by atoms with E-state index in [9.17, 15) is 19.2 Å². The van der Waals surface area contributed by atoms with Crippen molar-refractivity contribution in [3.8, 4) is 0 Å². The fourth-order valence-electron chi connectivity index (χ4n) is 2.01. The molecule has 0 saturated carbocycles. The average molecular weight is 404 g/mol. The van der Waals surface area contributed by atoms with Gasteiger partial charge in [0.05, 0.1) is 6.42 Å². The number of carbonyl (C=O) groups excluding carboxylic acids is 4. The van der Waals surface area contributed by atoms with Gasteiger partial charge >= 0.3 is 5.97 Å². The van der Waals surface area contributed by atoms with E-state index in [-0.39, 0.29) is 18.7 Å². The van der Waals surface area contributed by atoms with Crippen LogP contribution in [-0.2, 0) is 19.1 Å². The Morgan fingerprint density at radius 1 is 0.821 bits per heavy atom. The Balaban J connectivity index is 1.62. The van der Waals surface area contributed by atoms with Crippen molar-refractivity contribution < 1.29 is 23.9 Å². The lowest BCUT2D eigenvalue weighted by molar-refractivity contribution is -0.149. The summed E-state index contributed by atoms with van der Waals surface area (Å²) < 4.78 is 4.76. The van der Waals surface area contributed by atoms with Crippen LogP contribution in [0.4, 0.5) is 5.69 Å². The van der Waals surface area contributed by atoms with Gasteiger partial charge < -0.3 is 10.1 Å². The van der Waals surface area contributed by atoms with E-state index in [0.717, 1.165) is 0 Å². The predicted octanol–water partition coefficient (Wildman–Crippen LogP) is 2.06. The van der Waals surface area contributed by atoms with E-state index in [1.54, 1.807) is 24.3 Å². The summed E-state index contributed by atoms with van der Waals surface area (Å²) in [7, 11) is 0. The molecule has 2 aromatic rings. The first-order valence-corrected chi connectivity index (χ1v) is 8.67. The number of esters is 1. The van der Waals surface area contributed by atoms with Crippen LogP contribution >= 0.6 is 11.6 Å². The van der Waals surface area contributed by atoms with Gasteiger partial charge in [-0.1, -0.05) is 29.8 Å². The van der Waals surface area contributed by atoms with E-state index < -0.39 is 24.4 Å². The van der Waals surface area contributed by atoms with E-state index in [4.69, 9.17) is 16.3 Å². The van der Waals surface area contributed by atoms with Crippen LogP contribution in [0.1, 0.15) is 23.2 Å². The third-order valence-corrected chi connectivity index (χ3v) is 3.65. The maximum absolute atomic E-state index is 11.8. The fourth-order valence-corrected chi connectivity index (χ4v) is 2.14. The molecule has 0 bridgehead atoms. The lowest BCUT2D eigenvalue weighted by Gasteiger charge is -2.08. The van der Waals surface area contributed by atoms with Crippen molar-refractivity contribution in [2.24, 2.45) is 0 Å². The third-order valence-electron chi connectivity index (χ3n) is 3.40. The van der Waals surface area contributed by atoms with Gasteiger partial charge in [-0.25, -0.2) is 0 Å². The molecular formula is C19H18ClN3O5. The largest absolute Gasteiger partial charge is 0.455 e. The first-order chi connectivity index (χ1) is 13.4. The van der Waals surface area contributed by atoms with Gasteiger partial charge in [0.15, 0.2) is 6.61 Å². The molecule has 0 aliphatic carbocycles. The predicted molar refractivity (Wildman–Crippen MR) is 102 cm³/mol. The molecule has 0 heterocycles. The summed E-state index contributed by atoms with van der Waals surface area (Å²) in [4.78, 5) is 46.8. The number of anilines is 1. The summed E-state index contributed by atoms with van der Waals surface area (Å²) in [6, 6.07) is 14.9. The van der Waals surface area contributed by atoms with Crippen molar-refractivity contribution in [1.82, 2.24) is 10.9 Å². The molecule has 0 aliphatic heterocycles. The monoisotopic (exact) mass is 403 g/mol. The summed E-state index contributed by atoms with van der Waals surface area (Å²) in [6.07, 6.45) is -0.258. The fraction of sp³-hybridized carbons (Fsp3) is 0.158. The number of amides is 3. The van der Waals surface area contributed by atoms with Gasteiger partial charge in [-0.05, 0) is 36.4 Å². The number of hydrogen-bond acceptors (Lipinski definition) is 5. The first-order valence-electron chi connectivity index (χ1n) is 8.29. The Hall–Kier alpha value is -3.39. The zero-order valence-electron chi connectivity index (χ0n) is 14.7. The lowest BCUT2D eigenvalue weighted by atomic mass is 10.2. The van der Waals surface area contributed by atoms with Gasteiger partial charge in [-0.15, -0.1) is 0 Å². The second-order valence-corrected chi connectivity index (χ2v) is 6.02. The van der Waals surface area contributed by atoms with Crippen LogP contribution in [0.15, 0.2) is 54.6 Å². The normalized spacial score (nSPS) is 9.89. The number of ether oxygens (including phenoxy) is 1. The van der Waals surface area contributed by atoms with Gasteiger partial charge in [-0.2, -0.15) is 0 Å². The molecule has 2 rings (SSSR count). The minimum absolute atomic E-state index is 0.0807. The number of halogens is 1. The minimum Gasteiger partial charge on any atom is -0.455 e. The van der Waals surface area contributed by atoms with Gasteiger partial charge in [0, 0.05) is 22.7 Å². The zero-order chi connectivity index (χ0) is 20.4. The van der Waals surface area contributed by atoms with Crippen LogP contribution in [0.3, 0.4) is 0 Å². The van der Waals surface area contributed by atoms with Crippen LogP contribution in [0.25, 0.3) is 0 Å². The highest BCUT2D eigenvalue weighted by Gasteiger charge is 2.12. The number of para-hydroxylation sites is 1. The summed E-state index contributed by atoms with van der Waals surface area (Å²) in [5.74, 6) is -2.32. The van der Waals surface area contributed by atoms with E-state index in [1.165, 1.54) is 24.3 Å². The minimum atomic E-state index is -0.718. The summed E-state index contributed by atoms with van der Waals surface area (Å²) in [5.41, 5.74) is 5.22. The quantitative estimate of drug-likeness (QED) is 0.483. The molecule has 0 spiro atoms. The molecule has 0 unspecified atom stereocenters. The number of rotatable bonds is 7. The van der Waals surface area contributed by atoms with Crippen molar-refractivity contribution in [2.45, 2.75) is 12.8 Å². The highest BCUT2D eigenvalue weighted by Crippen LogP contribution is 2.09. The molecule has 3 amide bonds. The zero-order valence-corrected chi connectivity index (χ0v) is 15.5. The topological polar surface area (TPSA) is 114 Å². The van der Waals surface area contributed by atoms with E-state index in [2.05, 4.69) is 16.2 Å². The van der Waals surface area contributed by atoms with E-state index >= 15 is 0 Å². The number of benzene rings is 2. The Kier molecular flexibility index (Phi) is 7.98. The Morgan fingerprint density at radius 2 is 1.50 bits per heavy atom. The molecule has 146 valence electrons. The number of hydrogen-bond donors (Lipinski definition) is 3. The van der Waals surface area contributed by atoms with Crippen LogP contribution in [-0.4, -0.2) is 30.3 Å². The molecule has 0 radical (unpaired) electrons. The summed E-state index contributed by atoms with van der Waals surface area (Å²) in [5, 5.41) is 3.11. The van der Waals surface area contributed by atoms with Crippen LogP contribution in [0, 0.1) is 0 Å². The molecular weight excluding hydrogens is 386 g/mol. The van der Waals surface area contributed by atoms with Crippen molar-refractivity contribution in [3.05, 3.63) is 65.2 Å². The summed E-state index contributed by atoms with van der Waals surface area (Å²) in [6.45, 7) is -0.583. The van der Waals surface area contributed by atoms with Gasteiger partial charge in [0.2, 0.25) is 5.91 Å². The average Bonchev–Trinajstić information content (AvgIpc) is 2.70. The standard InChI is InChI=1S/C19H18ClN3O5/c20-14-8-6-13(7-9-14)19(27)23-22-17(25)12-28-18(26)11-10-16(24)21-15-4-2-1-3-5-15/h1-9H,10-12H2,(H,21,24)(H,22,25)(H,23,27). The molecule has 2 aromatic carbocycles. The SMILES string of the molecule is O=C(COC(=O)CCC(=O)Nc1ccccc1)NNC(=O)c1ccc(Cl)cc1. The highest BCUT2D eigenvalue weighted by molar-refractivity contribution is 6.30. The molecule has 8 nitrogen and oxygen atoms in total. The highest BCUT2D eigenvalue weighted by atomic mass is 35.5. The maximum atomic E-state index is 11.8. The molecule has 0 atom stereocenters. The molecule has 28 heavy (non-hydrogen) atoms. The Labute approximate surface area is 166 Å². The van der Waals surface area contributed by atoms with Gasteiger partial charge in [0.25, 0.3) is 11.8 Å². The van der Waals surface area contributed by atoms with Gasteiger partial charge in [0.1, 0.15) is 0 Å². The molecule has 0 aliphatic rings. The first kappa shape index (κ1) is 20.9. The molecule has 9 heteroatoms. The van der Waals surface area contributed by atoms with Crippen molar-refractivity contribution in [2.75, 3.05) is 11.9 Å². The van der Waals surface area contributed by atoms with Crippen molar-refractivity contribution in [1.29, 1.82) is 0 Å². The third kappa shape index (κ3) is 7.46. The number of nitrogens with one attached hydrogen (secondary N) is 3. The molecule has 0 fully saturated rings. The second-order valence-electron chi connectivity index (χ2n) is 5.58. The Bertz CT molecular complexity index is 840. The van der Waals surface area contributed by atoms with E-state index in [1.807, 2.05) is 6.07 Å². The van der Waals surface area contributed by atoms with Crippen LogP contribution in [0.5, 0.6) is 0 Å². The van der Waals surface area contributed by atoms with Crippen molar-refractivity contribution >= 4 is 41.0 Å². The smallest absolute Gasteiger partial charge is 0.306 e. The maximum Gasteiger partial charge on any atom is 0.306 e. The van der Waals surface area contributed by atoms with Crippen molar-refractivity contribution in [3.63, 3.8) is 0 Å². The van der Waals surface area contributed by atoms with Gasteiger partial charge in [-0.3, -0.25) is 30.0 Å². The van der Waals surface area contributed by atoms with E-state index in [0.29, 0.717) is 16.3 Å². The van der Waals surface area contributed by atoms with Crippen LogP contribution < -0.4 is 16.2 Å². The Morgan fingerprint density at radius 3 is 2.18 bits per heavy atom. The van der Waals surface area contributed by atoms with Crippen LogP contribution in [0.2, 0.25) is 5.02 Å². The molecule has 0 saturated heterocycles. The lowest BCUT2D eigenvalue weighted by Crippen LogP contribution is -2.43. The molecule has 3 N–H and O–H groups in total. The number of carbonyl (C=O) groups is 4. The summed E-state index contributed by atoms with van der Waals surface area (Å²) >= 11 is 5.73. The second kappa shape index (κ2) is 10.7.